The van der Waals surface area contributed by atoms with Gasteiger partial charge in [0.05, 0.1) is 0 Å². The molecule has 0 heterocycles. The van der Waals surface area contributed by atoms with Crippen LogP contribution >= 0.6 is 0 Å². The second kappa shape index (κ2) is 2.17. The molecular formula is C7H11N3. The Balaban J connectivity index is 2.08. The van der Waals surface area contributed by atoms with Gasteiger partial charge in [0, 0.05) is 11.0 Å². The van der Waals surface area contributed by atoms with E-state index in [1.165, 1.54) is 19.3 Å². The van der Waals surface area contributed by atoms with E-state index in [-0.39, 0.29) is 0 Å². The van der Waals surface area contributed by atoms with Crippen molar-refractivity contribution >= 4 is 0 Å². The first kappa shape index (κ1) is 6.05. The van der Waals surface area contributed by atoms with Crippen LogP contribution in [-0.2, 0) is 0 Å². The summed E-state index contributed by atoms with van der Waals surface area (Å²) >= 11 is 0. The molecule has 0 aromatic rings. The normalized spacial score (nSPS) is 43.4. The first-order chi connectivity index (χ1) is 4.90. The van der Waals surface area contributed by atoms with E-state index >= 15 is 0 Å². The molecule has 2 saturated carbocycles. The smallest absolute Gasteiger partial charge is 0.0405 e. The molecule has 0 aliphatic heterocycles. The molecule has 0 amide bonds. The number of hydrogen-bond donors (Lipinski definition) is 0. The van der Waals surface area contributed by atoms with Gasteiger partial charge in [-0.15, -0.1) is 0 Å². The first-order valence-electron chi connectivity index (χ1n) is 3.94. The summed E-state index contributed by atoms with van der Waals surface area (Å²) in [6, 6.07) is 0.351. The topological polar surface area (TPSA) is 48.8 Å². The number of nitrogens with zero attached hydrogens (tertiary/aromatic N) is 3. The minimum absolute atomic E-state index is 0.351. The Morgan fingerprint density at radius 3 is 2.70 bits per heavy atom. The van der Waals surface area contributed by atoms with Crippen molar-refractivity contribution in [3.05, 3.63) is 10.4 Å². The van der Waals surface area contributed by atoms with E-state index in [1.807, 2.05) is 0 Å². The van der Waals surface area contributed by atoms with E-state index in [4.69, 9.17) is 5.53 Å². The average molecular weight is 137 g/mol. The zero-order valence-electron chi connectivity index (χ0n) is 5.90. The molecule has 0 aromatic heterocycles. The number of hydrogen-bond acceptors (Lipinski definition) is 1. The maximum absolute atomic E-state index is 8.21. The van der Waals surface area contributed by atoms with Gasteiger partial charge in [0.25, 0.3) is 0 Å². The SMILES string of the molecule is [N-]=[N+]=N[C@@H]1C[C@@H]2CC[C@H]1C2. The molecule has 2 rings (SSSR count). The highest BCUT2D eigenvalue weighted by Gasteiger charge is 2.38. The van der Waals surface area contributed by atoms with E-state index < -0.39 is 0 Å². The summed E-state index contributed by atoms with van der Waals surface area (Å²) < 4.78 is 0. The van der Waals surface area contributed by atoms with Crippen LogP contribution < -0.4 is 0 Å². The third-order valence-electron chi connectivity index (χ3n) is 2.90. The van der Waals surface area contributed by atoms with E-state index in [2.05, 4.69) is 10.0 Å². The highest BCUT2D eigenvalue weighted by molar-refractivity contribution is 4.94. The van der Waals surface area contributed by atoms with Crippen molar-refractivity contribution in [2.45, 2.75) is 31.7 Å². The summed E-state index contributed by atoms with van der Waals surface area (Å²) in [5, 5.41) is 3.79. The molecule has 3 nitrogen and oxygen atoms in total. The van der Waals surface area contributed by atoms with Crippen molar-refractivity contribution < 1.29 is 0 Å². The van der Waals surface area contributed by atoms with Crippen LogP contribution in [-0.4, -0.2) is 6.04 Å². The van der Waals surface area contributed by atoms with Crippen LogP contribution in [0.5, 0.6) is 0 Å². The quantitative estimate of drug-likeness (QED) is 0.303. The molecule has 54 valence electrons. The van der Waals surface area contributed by atoms with E-state index in [0.717, 1.165) is 18.3 Å². The van der Waals surface area contributed by atoms with Crippen molar-refractivity contribution in [1.29, 1.82) is 0 Å². The second-order valence-electron chi connectivity index (χ2n) is 3.45. The van der Waals surface area contributed by atoms with Gasteiger partial charge in [0.2, 0.25) is 0 Å². The third-order valence-corrected chi connectivity index (χ3v) is 2.90. The monoisotopic (exact) mass is 137 g/mol. The van der Waals surface area contributed by atoms with Gasteiger partial charge in [0.15, 0.2) is 0 Å². The van der Waals surface area contributed by atoms with E-state index in [0.29, 0.717) is 6.04 Å². The lowest BCUT2D eigenvalue weighted by Crippen LogP contribution is -2.12. The molecule has 0 spiro atoms. The lowest BCUT2D eigenvalue weighted by atomic mass is 9.96. The Morgan fingerprint density at radius 1 is 1.30 bits per heavy atom. The summed E-state index contributed by atoms with van der Waals surface area (Å²) in [5.41, 5.74) is 8.21. The Labute approximate surface area is 60.1 Å². The Bertz CT molecular complexity index is 183. The Hall–Kier alpha value is -0.690. The predicted octanol–water partition coefficient (Wildman–Crippen LogP) is 2.49. The summed E-state index contributed by atoms with van der Waals surface area (Å²) in [4.78, 5) is 2.86. The standard InChI is InChI=1S/C7H11N3/c8-10-9-7-4-5-1-2-6(7)3-5/h5-7H,1-4H2/t5-,6+,7-/m1/s1. The Kier molecular flexibility index (Phi) is 1.31. The zero-order chi connectivity index (χ0) is 6.97. The fraction of sp³-hybridized carbons (Fsp3) is 1.00. The minimum Gasteiger partial charge on any atom is -0.0903 e. The largest absolute Gasteiger partial charge is 0.0903 e. The molecule has 0 N–H and O–H groups in total. The third kappa shape index (κ3) is 0.781. The molecule has 0 radical (unpaired) electrons. The van der Waals surface area contributed by atoms with Crippen LogP contribution in [0.3, 0.4) is 0 Å². The molecule has 2 aliphatic rings. The molecule has 10 heavy (non-hydrogen) atoms. The molecule has 0 aromatic carbocycles. The number of azide groups is 1. The number of fused-ring (bicyclic) bond motifs is 2. The van der Waals surface area contributed by atoms with Crippen LogP contribution in [0.15, 0.2) is 5.11 Å². The maximum atomic E-state index is 8.21. The molecule has 0 unspecified atom stereocenters. The molecule has 3 atom stereocenters. The van der Waals surface area contributed by atoms with Crippen molar-refractivity contribution in [2.24, 2.45) is 17.0 Å². The maximum Gasteiger partial charge on any atom is 0.0405 e. The van der Waals surface area contributed by atoms with Gasteiger partial charge in [-0.05, 0) is 36.6 Å². The van der Waals surface area contributed by atoms with Crippen molar-refractivity contribution in [2.75, 3.05) is 0 Å². The summed E-state index contributed by atoms with van der Waals surface area (Å²) in [6.07, 6.45) is 5.16. The zero-order valence-corrected chi connectivity index (χ0v) is 5.90. The van der Waals surface area contributed by atoms with E-state index in [1.54, 1.807) is 0 Å². The highest BCUT2D eigenvalue weighted by atomic mass is 15.2. The summed E-state index contributed by atoms with van der Waals surface area (Å²) in [5.74, 6) is 1.63. The molecule has 3 heteroatoms. The fourth-order valence-electron chi connectivity index (χ4n) is 2.42. The van der Waals surface area contributed by atoms with Gasteiger partial charge in [-0.25, -0.2) is 0 Å². The van der Waals surface area contributed by atoms with Crippen molar-refractivity contribution in [3.8, 4) is 0 Å². The van der Waals surface area contributed by atoms with Crippen LogP contribution in [0.1, 0.15) is 25.7 Å². The summed E-state index contributed by atoms with van der Waals surface area (Å²) in [7, 11) is 0. The molecule has 2 bridgehead atoms. The lowest BCUT2D eigenvalue weighted by Gasteiger charge is -2.15. The van der Waals surface area contributed by atoms with Crippen LogP contribution in [0, 0.1) is 11.8 Å². The molecular weight excluding hydrogens is 126 g/mol. The van der Waals surface area contributed by atoms with Gasteiger partial charge >= 0.3 is 0 Å². The Morgan fingerprint density at radius 2 is 2.20 bits per heavy atom. The van der Waals surface area contributed by atoms with Gasteiger partial charge in [-0.1, -0.05) is 11.5 Å². The van der Waals surface area contributed by atoms with Gasteiger partial charge < -0.3 is 0 Å². The second-order valence-corrected chi connectivity index (χ2v) is 3.45. The van der Waals surface area contributed by atoms with Gasteiger partial charge in [0.1, 0.15) is 0 Å². The van der Waals surface area contributed by atoms with Gasteiger partial charge in [-0.3, -0.25) is 0 Å². The average Bonchev–Trinajstić information content (AvgIpc) is 2.48. The van der Waals surface area contributed by atoms with Crippen LogP contribution in [0.4, 0.5) is 0 Å². The van der Waals surface area contributed by atoms with Crippen LogP contribution in [0.25, 0.3) is 10.4 Å². The van der Waals surface area contributed by atoms with Gasteiger partial charge in [-0.2, -0.15) is 0 Å². The van der Waals surface area contributed by atoms with Crippen molar-refractivity contribution in [3.63, 3.8) is 0 Å². The summed E-state index contributed by atoms with van der Waals surface area (Å²) in [6.45, 7) is 0. The van der Waals surface area contributed by atoms with Crippen LogP contribution in [0.2, 0.25) is 0 Å². The van der Waals surface area contributed by atoms with E-state index in [9.17, 15) is 0 Å². The highest BCUT2D eigenvalue weighted by Crippen LogP contribution is 2.45. The van der Waals surface area contributed by atoms with Crippen molar-refractivity contribution in [1.82, 2.24) is 0 Å². The molecule has 2 fully saturated rings. The molecule has 2 aliphatic carbocycles. The molecule has 0 saturated heterocycles. The first-order valence-corrected chi connectivity index (χ1v) is 3.94. The lowest BCUT2D eigenvalue weighted by molar-refractivity contribution is 0.417. The number of rotatable bonds is 1. The minimum atomic E-state index is 0.351. The fourth-order valence-corrected chi connectivity index (χ4v) is 2.42. The predicted molar refractivity (Wildman–Crippen MR) is 38.4 cm³/mol.